The number of aromatic nitrogens is 4. The van der Waals surface area contributed by atoms with Crippen LogP contribution in [0.15, 0.2) is 28.8 Å². The zero-order chi connectivity index (χ0) is 15.8. The highest BCUT2D eigenvalue weighted by Gasteiger charge is 2.30. The summed E-state index contributed by atoms with van der Waals surface area (Å²) in [4.78, 5) is 31.1. The molecule has 1 N–H and O–H groups in total. The van der Waals surface area contributed by atoms with E-state index in [0.717, 1.165) is 35.4 Å². The van der Waals surface area contributed by atoms with E-state index in [-0.39, 0.29) is 17.4 Å². The average Bonchev–Trinajstić information content (AvgIpc) is 3.23. The van der Waals surface area contributed by atoms with Gasteiger partial charge in [-0.25, -0.2) is 15.0 Å². The van der Waals surface area contributed by atoms with Crippen molar-refractivity contribution in [3.8, 4) is 5.75 Å². The molecule has 7 nitrogen and oxygen atoms in total. The van der Waals surface area contributed by atoms with Crippen LogP contribution in [0.1, 0.15) is 24.7 Å². The van der Waals surface area contributed by atoms with Crippen LogP contribution in [0.2, 0.25) is 0 Å². The minimum absolute atomic E-state index is 0.00612. The van der Waals surface area contributed by atoms with Crippen LogP contribution in [0.3, 0.4) is 0 Å². The molecule has 0 bridgehead atoms. The minimum Gasteiger partial charge on any atom is -0.490 e. The van der Waals surface area contributed by atoms with Gasteiger partial charge in [0.25, 0.3) is 5.56 Å². The first-order valence-corrected chi connectivity index (χ1v) is 8.24. The lowest BCUT2D eigenvalue weighted by atomic mass is 10.2. The first-order chi connectivity index (χ1) is 11.3. The molecule has 4 rings (SSSR count). The van der Waals surface area contributed by atoms with Gasteiger partial charge in [0.2, 0.25) is 5.75 Å². The molecular weight excluding hydrogens is 314 g/mol. The number of nitrogens with zero attached hydrogens (tertiary/aromatic N) is 4. The van der Waals surface area contributed by atoms with Crippen molar-refractivity contribution in [2.75, 3.05) is 18.6 Å². The molecule has 3 aromatic heterocycles. The molecule has 0 aliphatic carbocycles. The second kappa shape index (κ2) is 5.62. The van der Waals surface area contributed by atoms with Crippen molar-refractivity contribution < 1.29 is 4.74 Å². The quantitative estimate of drug-likeness (QED) is 0.792. The van der Waals surface area contributed by atoms with Gasteiger partial charge in [0.05, 0.1) is 24.7 Å². The summed E-state index contributed by atoms with van der Waals surface area (Å²) in [6, 6.07) is 2.04. The summed E-state index contributed by atoms with van der Waals surface area (Å²) in [5, 5.41) is 3.06. The summed E-state index contributed by atoms with van der Waals surface area (Å²) >= 11 is 1.60. The van der Waals surface area contributed by atoms with E-state index in [1.54, 1.807) is 17.7 Å². The molecular formula is C15H15N5O2S. The third-order valence-corrected chi connectivity index (χ3v) is 4.91. The van der Waals surface area contributed by atoms with Crippen molar-refractivity contribution in [1.82, 2.24) is 19.9 Å². The third kappa shape index (κ3) is 2.35. The van der Waals surface area contributed by atoms with Crippen LogP contribution in [0.4, 0.5) is 5.82 Å². The Morgan fingerprint density at radius 2 is 2.30 bits per heavy atom. The van der Waals surface area contributed by atoms with Crippen molar-refractivity contribution in [2.45, 2.75) is 18.9 Å². The molecule has 23 heavy (non-hydrogen) atoms. The lowest BCUT2D eigenvalue weighted by Gasteiger charge is -2.25. The van der Waals surface area contributed by atoms with Crippen molar-refractivity contribution in [2.24, 2.45) is 0 Å². The summed E-state index contributed by atoms with van der Waals surface area (Å²) in [5.74, 6) is 1.77. The molecule has 118 valence electrons. The molecule has 1 fully saturated rings. The first-order valence-electron chi connectivity index (χ1n) is 7.36. The lowest BCUT2D eigenvalue weighted by Crippen LogP contribution is -2.27. The fourth-order valence-electron chi connectivity index (χ4n) is 3.02. The number of aromatic amines is 1. The summed E-state index contributed by atoms with van der Waals surface area (Å²) in [6.45, 7) is 0.877. The van der Waals surface area contributed by atoms with Gasteiger partial charge >= 0.3 is 0 Å². The van der Waals surface area contributed by atoms with Gasteiger partial charge in [-0.15, -0.1) is 11.3 Å². The second-order valence-electron chi connectivity index (χ2n) is 5.35. The Morgan fingerprint density at radius 1 is 1.39 bits per heavy atom. The summed E-state index contributed by atoms with van der Waals surface area (Å²) in [5.41, 5.74) is -0.257. The van der Waals surface area contributed by atoms with E-state index in [4.69, 9.17) is 4.74 Å². The molecule has 0 aromatic carbocycles. The van der Waals surface area contributed by atoms with Crippen LogP contribution in [-0.2, 0) is 0 Å². The van der Waals surface area contributed by atoms with E-state index >= 15 is 0 Å². The second-order valence-corrected chi connectivity index (χ2v) is 6.25. The van der Waals surface area contributed by atoms with Crippen molar-refractivity contribution >= 4 is 27.4 Å². The monoisotopic (exact) mass is 329 g/mol. The Kier molecular flexibility index (Phi) is 3.45. The van der Waals surface area contributed by atoms with E-state index in [0.29, 0.717) is 5.82 Å². The molecule has 0 amide bonds. The standard InChI is InChI=1S/C15H15N5O2S/c1-22-11-7-16-12(19-14(11)21)10-3-2-5-20(10)13-9-4-6-23-15(9)18-8-17-13/h4,6-8,10H,2-3,5H2,1H3,(H,16,19,21). The van der Waals surface area contributed by atoms with Gasteiger partial charge in [-0.3, -0.25) is 4.79 Å². The molecule has 3 aromatic rings. The van der Waals surface area contributed by atoms with Gasteiger partial charge in [-0.05, 0) is 24.3 Å². The number of hydrogen-bond acceptors (Lipinski definition) is 7. The maximum Gasteiger partial charge on any atom is 0.293 e. The highest BCUT2D eigenvalue weighted by atomic mass is 32.1. The Morgan fingerprint density at radius 3 is 3.13 bits per heavy atom. The highest BCUT2D eigenvalue weighted by Crippen LogP contribution is 2.37. The van der Waals surface area contributed by atoms with Crippen LogP contribution < -0.4 is 15.2 Å². The Bertz CT molecular complexity index is 906. The average molecular weight is 329 g/mol. The van der Waals surface area contributed by atoms with Gasteiger partial charge in [-0.2, -0.15) is 0 Å². The molecule has 8 heteroatoms. The molecule has 1 atom stereocenters. The van der Waals surface area contributed by atoms with Crippen molar-refractivity contribution in [3.05, 3.63) is 40.1 Å². The Balaban J connectivity index is 1.76. The zero-order valence-corrected chi connectivity index (χ0v) is 13.3. The van der Waals surface area contributed by atoms with E-state index in [1.165, 1.54) is 13.3 Å². The minimum atomic E-state index is -0.257. The van der Waals surface area contributed by atoms with Gasteiger partial charge in [-0.1, -0.05) is 0 Å². The number of nitrogens with one attached hydrogen (secondary N) is 1. The van der Waals surface area contributed by atoms with Crippen molar-refractivity contribution in [1.29, 1.82) is 0 Å². The Labute approximate surface area is 136 Å². The smallest absolute Gasteiger partial charge is 0.293 e. The van der Waals surface area contributed by atoms with Gasteiger partial charge in [0.1, 0.15) is 22.8 Å². The summed E-state index contributed by atoms with van der Waals surface area (Å²) in [6.07, 6.45) is 5.01. The van der Waals surface area contributed by atoms with Crippen LogP contribution in [0.25, 0.3) is 10.2 Å². The number of hydrogen-bond donors (Lipinski definition) is 1. The van der Waals surface area contributed by atoms with Crippen LogP contribution in [0, 0.1) is 0 Å². The predicted octanol–water partition coefficient (Wildman–Crippen LogP) is 2.12. The number of anilines is 1. The molecule has 1 saturated heterocycles. The number of methoxy groups -OCH3 is 1. The molecule has 4 heterocycles. The SMILES string of the molecule is COc1cnc(C2CCCN2c2ncnc3sccc23)[nH]c1=O. The van der Waals surface area contributed by atoms with E-state index in [1.807, 2.05) is 11.4 Å². The number of rotatable bonds is 3. The lowest BCUT2D eigenvalue weighted by molar-refractivity contribution is 0.404. The molecule has 0 radical (unpaired) electrons. The third-order valence-electron chi connectivity index (χ3n) is 4.09. The Hall–Kier alpha value is -2.48. The summed E-state index contributed by atoms with van der Waals surface area (Å²) in [7, 11) is 1.46. The highest BCUT2D eigenvalue weighted by molar-refractivity contribution is 7.16. The molecule has 1 aliphatic heterocycles. The number of fused-ring (bicyclic) bond motifs is 1. The van der Waals surface area contributed by atoms with Gasteiger partial charge in [0.15, 0.2) is 0 Å². The maximum absolute atomic E-state index is 12.0. The fourth-order valence-corrected chi connectivity index (χ4v) is 3.75. The number of ether oxygens (including phenoxy) is 1. The zero-order valence-electron chi connectivity index (χ0n) is 12.5. The largest absolute Gasteiger partial charge is 0.490 e. The van der Waals surface area contributed by atoms with E-state index < -0.39 is 0 Å². The van der Waals surface area contributed by atoms with Crippen molar-refractivity contribution in [3.63, 3.8) is 0 Å². The fraction of sp³-hybridized carbons (Fsp3) is 0.333. The molecule has 1 unspecified atom stereocenters. The van der Waals surface area contributed by atoms with E-state index in [9.17, 15) is 4.79 Å². The number of thiophene rings is 1. The van der Waals surface area contributed by atoms with Gasteiger partial charge in [0, 0.05) is 6.54 Å². The predicted molar refractivity (Wildman–Crippen MR) is 88.1 cm³/mol. The topological polar surface area (TPSA) is 84.0 Å². The van der Waals surface area contributed by atoms with Gasteiger partial charge < -0.3 is 14.6 Å². The first kappa shape index (κ1) is 14.1. The number of H-pyrrole nitrogens is 1. The maximum atomic E-state index is 12.0. The normalized spacial score (nSPS) is 17.8. The molecule has 1 aliphatic rings. The van der Waals surface area contributed by atoms with Crippen LogP contribution in [0.5, 0.6) is 5.75 Å². The molecule has 0 saturated carbocycles. The van der Waals surface area contributed by atoms with Crippen LogP contribution >= 0.6 is 11.3 Å². The van der Waals surface area contributed by atoms with E-state index in [2.05, 4.69) is 24.8 Å². The van der Waals surface area contributed by atoms with Crippen LogP contribution in [-0.4, -0.2) is 33.6 Å². The summed E-state index contributed by atoms with van der Waals surface area (Å²) < 4.78 is 4.98. The molecule has 0 spiro atoms.